The second-order valence-corrected chi connectivity index (χ2v) is 7.62. The molecule has 0 rings (SSSR count). The number of carbonyl (C=O) groups excluding carboxylic acids is 5. The summed E-state index contributed by atoms with van der Waals surface area (Å²) in [6.07, 6.45) is -0.841. The first kappa shape index (κ1) is 27.8. The van der Waals surface area contributed by atoms with Crippen LogP contribution in [0.4, 0.5) is 0 Å². The van der Waals surface area contributed by atoms with Crippen molar-refractivity contribution in [3.63, 3.8) is 0 Å². The Kier molecular flexibility index (Phi) is 11.8. The van der Waals surface area contributed by atoms with Gasteiger partial charge in [0.15, 0.2) is 0 Å². The van der Waals surface area contributed by atoms with Gasteiger partial charge in [0.25, 0.3) is 0 Å². The topological polar surface area (TPSA) is 237 Å². The Hall–Kier alpha value is -3.22. The summed E-state index contributed by atoms with van der Waals surface area (Å²) in [6, 6.07) is -4.87. The molecule has 4 unspecified atom stereocenters. The van der Waals surface area contributed by atoms with Crippen LogP contribution in [0, 0.1) is 5.92 Å². The number of nitrogens with one attached hydrogen (secondary N) is 3. The van der Waals surface area contributed by atoms with Crippen molar-refractivity contribution in [2.24, 2.45) is 23.1 Å². The smallest absolute Gasteiger partial charge is 0.326 e. The average molecular weight is 444 g/mol. The van der Waals surface area contributed by atoms with E-state index in [1.807, 2.05) is 0 Å². The van der Waals surface area contributed by atoms with Crippen LogP contribution in [0.5, 0.6) is 0 Å². The summed E-state index contributed by atoms with van der Waals surface area (Å²) in [5, 5.41) is 16.2. The van der Waals surface area contributed by atoms with Crippen LogP contribution in [0.2, 0.25) is 0 Å². The number of hydrogen-bond donors (Lipinski definition) is 7. The molecule has 0 aromatic carbocycles. The number of carboxylic acids is 1. The molecule has 13 nitrogen and oxygen atoms in total. The van der Waals surface area contributed by atoms with E-state index in [0.717, 1.165) is 0 Å². The zero-order valence-electron chi connectivity index (χ0n) is 17.8. The van der Waals surface area contributed by atoms with Crippen molar-refractivity contribution in [3.8, 4) is 0 Å². The van der Waals surface area contributed by atoms with E-state index < -0.39 is 66.1 Å². The summed E-state index contributed by atoms with van der Waals surface area (Å²) in [7, 11) is 0. The fraction of sp³-hybridized carbons (Fsp3) is 0.667. The number of nitrogens with two attached hydrogens (primary N) is 3. The zero-order valence-corrected chi connectivity index (χ0v) is 17.8. The average Bonchev–Trinajstić information content (AvgIpc) is 2.62. The third kappa shape index (κ3) is 11.5. The Bertz CT molecular complexity index is 695. The van der Waals surface area contributed by atoms with E-state index in [9.17, 15) is 28.8 Å². The van der Waals surface area contributed by atoms with Crippen LogP contribution < -0.4 is 33.2 Å². The minimum Gasteiger partial charge on any atom is -0.480 e. The van der Waals surface area contributed by atoms with E-state index in [0.29, 0.717) is 0 Å². The van der Waals surface area contributed by atoms with Crippen LogP contribution in [0.25, 0.3) is 0 Å². The second-order valence-electron chi connectivity index (χ2n) is 7.62. The first-order valence-electron chi connectivity index (χ1n) is 9.70. The molecule has 5 amide bonds. The molecule has 0 aromatic heterocycles. The Morgan fingerprint density at radius 2 is 1.26 bits per heavy atom. The van der Waals surface area contributed by atoms with E-state index in [2.05, 4.69) is 16.0 Å². The highest BCUT2D eigenvalue weighted by atomic mass is 16.4. The summed E-state index contributed by atoms with van der Waals surface area (Å²) in [5.41, 5.74) is 15.6. The highest BCUT2D eigenvalue weighted by Crippen LogP contribution is 2.08. The number of aliphatic carboxylic acids is 1. The predicted octanol–water partition coefficient (Wildman–Crippen LogP) is -2.94. The maximum Gasteiger partial charge on any atom is 0.326 e. The van der Waals surface area contributed by atoms with Crippen LogP contribution in [-0.2, 0) is 28.8 Å². The molecule has 0 aliphatic heterocycles. The molecule has 13 heteroatoms. The third-order valence-corrected chi connectivity index (χ3v) is 4.09. The molecular weight excluding hydrogens is 412 g/mol. The molecule has 10 N–H and O–H groups in total. The molecule has 0 heterocycles. The van der Waals surface area contributed by atoms with Crippen molar-refractivity contribution in [2.45, 2.75) is 70.6 Å². The van der Waals surface area contributed by atoms with Gasteiger partial charge in [-0.1, -0.05) is 13.8 Å². The molecule has 0 fully saturated rings. The molecule has 176 valence electrons. The van der Waals surface area contributed by atoms with Gasteiger partial charge < -0.3 is 38.3 Å². The molecule has 0 saturated carbocycles. The molecule has 0 saturated heterocycles. The Labute approximate surface area is 179 Å². The van der Waals surface area contributed by atoms with Gasteiger partial charge in [-0.15, -0.1) is 0 Å². The van der Waals surface area contributed by atoms with Gasteiger partial charge in [0.2, 0.25) is 29.5 Å². The lowest BCUT2D eigenvalue weighted by molar-refractivity contribution is -0.143. The molecule has 0 aromatic rings. The van der Waals surface area contributed by atoms with Crippen LogP contribution in [0.3, 0.4) is 0 Å². The van der Waals surface area contributed by atoms with E-state index >= 15 is 0 Å². The van der Waals surface area contributed by atoms with Gasteiger partial charge in [-0.3, -0.25) is 24.0 Å². The molecule has 0 spiro atoms. The predicted molar refractivity (Wildman–Crippen MR) is 109 cm³/mol. The number of carboxylic acid groups (broad SMARTS) is 1. The van der Waals surface area contributed by atoms with Crippen molar-refractivity contribution in [1.29, 1.82) is 0 Å². The van der Waals surface area contributed by atoms with Crippen LogP contribution in [0.1, 0.15) is 46.5 Å². The summed E-state index contributed by atoms with van der Waals surface area (Å²) >= 11 is 0. The first-order valence-corrected chi connectivity index (χ1v) is 9.70. The van der Waals surface area contributed by atoms with Gasteiger partial charge in [-0.05, 0) is 25.7 Å². The SMILES string of the molecule is CC(C)CC(NC(=O)C(CCC(N)=O)NC(=O)C(C)N)C(=O)NC(CC(N)=O)C(=O)O. The van der Waals surface area contributed by atoms with Gasteiger partial charge in [0.05, 0.1) is 12.5 Å². The van der Waals surface area contributed by atoms with E-state index in [1.54, 1.807) is 13.8 Å². The maximum atomic E-state index is 12.7. The lowest BCUT2D eigenvalue weighted by Gasteiger charge is -2.25. The van der Waals surface area contributed by atoms with Crippen molar-refractivity contribution in [2.75, 3.05) is 0 Å². The normalized spacial score (nSPS) is 14.6. The summed E-state index contributed by atoms with van der Waals surface area (Å²) < 4.78 is 0. The summed E-state index contributed by atoms with van der Waals surface area (Å²) in [6.45, 7) is 4.94. The molecule has 0 aliphatic carbocycles. The number of hydrogen-bond acceptors (Lipinski definition) is 7. The van der Waals surface area contributed by atoms with Crippen LogP contribution in [0.15, 0.2) is 0 Å². The van der Waals surface area contributed by atoms with Crippen LogP contribution in [-0.4, -0.2) is 64.8 Å². The number of rotatable bonds is 14. The van der Waals surface area contributed by atoms with E-state index in [1.165, 1.54) is 6.92 Å². The molecule has 0 aliphatic rings. The minimum atomic E-state index is -1.57. The van der Waals surface area contributed by atoms with E-state index in [4.69, 9.17) is 22.3 Å². The lowest BCUT2D eigenvalue weighted by Crippen LogP contribution is -2.57. The molecule has 0 radical (unpaired) electrons. The standard InChI is InChI=1S/C18H32N6O7/c1-8(2)6-11(17(29)24-12(18(30)31)7-14(21)26)23-16(28)10(4-5-13(20)25)22-15(27)9(3)19/h8-12H,4-7,19H2,1-3H3,(H2,20,25)(H2,21,26)(H,22,27)(H,23,28)(H,24,29)(H,30,31). The van der Waals surface area contributed by atoms with E-state index in [-0.39, 0.29) is 25.2 Å². The Morgan fingerprint density at radius 1 is 0.774 bits per heavy atom. The van der Waals surface area contributed by atoms with Gasteiger partial charge >= 0.3 is 5.97 Å². The quantitative estimate of drug-likeness (QED) is 0.146. The van der Waals surface area contributed by atoms with Crippen molar-refractivity contribution >= 4 is 35.5 Å². The fourth-order valence-corrected chi connectivity index (χ4v) is 2.51. The number of primary amides is 2. The molecular formula is C18H32N6O7. The Balaban J connectivity index is 5.49. The van der Waals surface area contributed by atoms with Crippen molar-refractivity contribution in [3.05, 3.63) is 0 Å². The zero-order chi connectivity index (χ0) is 24.3. The third-order valence-electron chi connectivity index (χ3n) is 4.09. The summed E-state index contributed by atoms with van der Waals surface area (Å²) in [5.74, 6) is -5.45. The fourth-order valence-electron chi connectivity index (χ4n) is 2.51. The van der Waals surface area contributed by atoms with Gasteiger partial charge in [0.1, 0.15) is 18.1 Å². The maximum absolute atomic E-state index is 12.7. The lowest BCUT2D eigenvalue weighted by atomic mass is 10.0. The first-order chi connectivity index (χ1) is 14.2. The number of carbonyl (C=O) groups is 6. The second kappa shape index (κ2) is 13.2. The van der Waals surface area contributed by atoms with Crippen molar-refractivity contribution in [1.82, 2.24) is 16.0 Å². The summed E-state index contributed by atoms with van der Waals surface area (Å²) in [4.78, 5) is 70.6. The van der Waals surface area contributed by atoms with Gasteiger partial charge in [0, 0.05) is 6.42 Å². The van der Waals surface area contributed by atoms with Gasteiger partial charge in [-0.25, -0.2) is 4.79 Å². The molecule has 4 atom stereocenters. The highest BCUT2D eigenvalue weighted by Gasteiger charge is 2.31. The van der Waals surface area contributed by atoms with Crippen molar-refractivity contribution < 1.29 is 33.9 Å². The number of amides is 5. The molecule has 31 heavy (non-hydrogen) atoms. The largest absolute Gasteiger partial charge is 0.480 e. The highest BCUT2D eigenvalue weighted by molar-refractivity contribution is 5.95. The Morgan fingerprint density at radius 3 is 1.68 bits per heavy atom. The molecule has 0 bridgehead atoms. The van der Waals surface area contributed by atoms with Gasteiger partial charge in [-0.2, -0.15) is 0 Å². The van der Waals surface area contributed by atoms with Crippen LogP contribution >= 0.6 is 0 Å². The minimum absolute atomic E-state index is 0.0850. The monoisotopic (exact) mass is 444 g/mol.